The SMILES string of the molecule is CN(C)CC1CCCN1c1ccc(Nc2ccnc3ccc(-c4ccc(C#N)cc4)cc23)cc1. The molecule has 1 aromatic heterocycles. The van der Waals surface area contributed by atoms with E-state index in [9.17, 15) is 0 Å². The van der Waals surface area contributed by atoms with Gasteiger partial charge >= 0.3 is 0 Å². The maximum Gasteiger partial charge on any atom is 0.0991 e. The van der Waals surface area contributed by atoms with Crippen molar-refractivity contribution in [1.29, 1.82) is 5.26 Å². The van der Waals surface area contributed by atoms with Gasteiger partial charge in [-0.3, -0.25) is 4.98 Å². The van der Waals surface area contributed by atoms with Gasteiger partial charge in [0.2, 0.25) is 0 Å². The van der Waals surface area contributed by atoms with Crippen molar-refractivity contribution in [1.82, 2.24) is 9.88 Å². The van der Waals surface area contributed by atoms with Gasteiger partial charge in [-0.25, -0.2) is 0 Å². The van der Waals surface area contributed by atoms with E-state index in [2.05, 4.69) is 82.7 Å². The minimum Gasteiger partial charge on any atom is -0.367 e. The molecule has 0 saturated carbocycles. The summed E-state index contributed by atoms with van der Waals surface area (Å²) in [6.45, 7) is 2.21. The smallest absolute Gasteiger partial charge is 0.0991 e. The van der Waals surface area contributed by atoms with E-state index in [1.54, 1.807) is 0 Å². The summed E-state index contributed by atoms with van der Waals surface area (Å²) in [4.78, 5) is 9.36. The fourth-order valence-electron chi connectivity index (χ4n) is 4.85. The first-order valence-corrected chi connectivity index (χ1v) is 11.8. The molecule has 0 bridgehead atoms. The lowest BCUT2D eigenvalue weighted by molar-refractivity contribution is 0.372. The van der Waals surface area contributed by atoms with Crippen LogP contribution >= 0.6 is 0 Å². The van der Waals surface area contributed by atoms with Gasteiger partial charge < -0.3 is 15.1 Å². The normalized spacial score (nSPS) is 15.6. The van der Waals surface area contributed by atoms with Gasteiger partial charge in [0.25, 0.3) is 0 Å². The van der Waals surface area contributed by atoms with Gasteiger partial charge in [0, 0.05) is 47.8 Å². The molecule has 1 N–H and O–H groups in total. The Morgan fingerprint density at radius 1 is 1.00 bits per heavy atom. The van der Waals surface area contributed by atoms with Crippen molar-refractivity contribution < 1.29 is 0 Å². The predicted octanol–water partition coefficient (Wildman–Crippen LogP) is 6.05. The molecular formula is C29H29N5. The number of aromatic nitrogens is 1. The van der Waals surface area contributed by atoms with Crippen molar-refractivity contribution in [2.75, 3.05) is 37.4 Å². The first-order valence-electron chi connectivity index (χ1n) is 11.8. The standard InChI is InChI=1S/C29H29N5/c1-33(2)20-26-4-3-17-34(26)25-12-10-24(11-13-25)32-29-15-16-31-28-14-9-23(18-27(28)29)22-7-5-21(19-30)6-8-22/h5-16,18,26H,3-4,17,20H2,1-2H3,(H,31,32). The van der Waals surface area contributed by atoms with E-state index in [4.69, 9.17) is 5.26 Å². The highest BCUT2D eigenvalue weighted by Crippen LogP contribution is 2.32. The Bertz CT molecular complexity index is 1320. The van der Waals surface area contributed by atoms with E-state index in [1.807, 2.05) is 36.5 Å². The zero-order chi connectivity index (χ0) is 23.5. The molecule has 170 valence electrons. The third kappa shape index (κ3) is 4.59. The molecule has 3 aromatic carbocycles. The zero-order valence-corrected chi connectivity index (χ0v) is 19.7. The third-order valence-electron chi connectivity index (χ3n) is 6.52. The molecule has 0 radical (unpaired) electrons. The summed E-state index contributed by atoms with van der Waals surface area (Å²) >= 11 is 0. The quantitative estimate of drug-likeness (QED) is 0.390. The number of fused-ring (bicyclic) bond motifs is 1. The molecule has 1 aliphatic heterocycles. The van der Waals surface area contributed by atoms with Crippen LogP contribution in [0.2, 0.25) is 0 Å². The molecule has 2 heterocycles. The molecule has 5 heteroatoms. The summed E-state index contributed by atoms with van der Waals surface area (Å²) in [6.07, 6.45) is 4.35. The summed E-state index contributed by atoms with van der Waals surface area (Å²) < 4.78 is 0. The molecule has 1 unspecified atom stereocenters. The van der Waals surface area contributed by atoms with Crippen LogP contribution < -0.4 is 10.2 Å². The minimum absolute atomic E-state index is 0.582. The fraction of sp³-hybridized carbons (Fsp3) is 0.241. The molecule has 5 nitrogen and oxygen atoms in total. The van der Waals surface area contributed by atoms with Gasteiger partial charge in [-0.2, -0.15) is 5.26 Å². The van der Waals surface area contributed by atoms with E-state index in [1.165, 1.54) is 18.5 Å². The first-order chi connectivity index (χ1) is 16.6. The number of nitriles is 1. The molecule has 4 aromatic rings. The largest absolute Gasteiger partial charge is 0.367 e. The van der Waals surface area contributed by atoms with E-state index in [0.29, 0.717) is 11.6 Å². The summed E-state index contributed by atoms with van der Waals surface area (Å²) in [5.41, 5.74) is 7.17. The molecule has 0 amide bonds. The van der Waals surface area contributed by atoms with Crippen molar-refractivity contribution in [2.45, 2.75) is 18.9 Å². The average Bonchev–Trinajstić information content (AvgIpc) is 3.32. The van der Waals surface area contributed by atoms with Crippen molar-refractivity contribution >= 4 is 28.0 Å². The molecule has 0 aliphatic carbocycles. The number of hydrogen-bond donors (Lipinski definition) is 1. The van der Waals surface area contributed by atoms with Crippen molar-refractivity contribution in [2.24, 2.45) is 0 Å². The number of pyridine rings is 1. The average molecular weight is 448 g/mol. The number of hydrogen-bond acceptors (Lipinski definition) is 5. The Hall–Kier alpha value is -3.88. The van der Waals surface area contributed by atoms with Crippen molar-refractivity contribution in [3.05, 3.63) is 84.6 Å². The van der Waals surface area contributed by atoms with Crippen LogP contribution in [0.5, 0.6) is 0 Å². The molecule has 1 fully saturated rings. The second kappa shape index (κ2) is 9.54. The third-order valence-corrected chi connectivity index (χ3v) is 6.52. The second-order valence-electron chi connectivity index (χ2n) is 9.20. The lowest BCUT2D eigenvalue weighted by Crippen LogP contribution is -2.37. The molecule has 1 atom stereocenters. The van der Waals surface area contributed by atoms with Crippen LogP contribution in [0.15, 0.2) is 79.0 Å². The van der Waals surface area contributed by atoms with Crippen LogP contribution in [0.4, 0.5) is 17.1 Å². The summed E-state index contributed by atoms with van der Waals surface area (Å²) in [5.74, 6) is 0. The number of anilines is 3. The lowest BCUT2D eigenvalue weighted by atomic mass is 10.0. The minimum atomic E-state index is 0.582. The van der Waals surface area contributed by atoms with Crippen molar-refractivity contribution in [3.8, 4) is 17.2 Å². The number of likely N-dealkylation sites (N-methyl/N-ethyl adjacent to an activating group) is 1. The zero-order valence-electron chi connectivity index (χ0n) is 19.7. The highest BCUT2D eigenvalue weighted by Gasteiger charge is 2.25. The van der Waals surface area contributed by atoms with Gasteiger partial charge in [0.15, 0.2) is 0 Å². The highest BCUT2D eigenvalue weighted by atomic mass is 15.2. The van der Waals surface area contributed by atoms with Gasteiger partial charge in [0.05, 0.1) is 17.1 Å². The monoisotopic (exact) mass is 447 g/mol. The molecule has 5 rings (SSSR count). The summed E-state index contributed by atoms with van der Waals surface area (Å²) in [6, 6.07) is 27.5. The molecule has 1 aliphatic rings. The number of benzene rings is 3. The van der Waals surface area contributed by atoms with Crippen LogP contribution in [0.25, 0.3) is 22.0 Å². The van der Waals surface area contributed by atoms with Crippen LogP contribution in [0, 0.1) is 11.3 Å². The van der Waals surface area contributed by atoms with E-state index >= 15 is 0 Å². The van der Waals surface area contributed by atoms with Gasteiger partial charge in [0.1, 0.15) is 0 Å². The van der Waals surface area contributed by atoms with Crippen LogP contribution in [0.1, 0.15) is 18.4 Å². The fourth-order valence-corrected chi connectivity index (χ4v) is 4.85. The van der Waals surface area contributed by atoms with E-state index < -0.39 is 0 Å². The number of rotatable bonds is 6. The van der Waals surface area contributed by atoms with Gasteiger partial charge in [-0.15, -0.1) is 0 Å². The summed E-state index contributed by atoms with van der Waals surface area (Å²) in [5, 5.41) is 13.7. The second-order valence-corrected chi connectivity index (χ2v) is 9.20. The Kier molecular flexibility index (Phi) is 6.16. The van der Waals surface area contributed by atoms with E-state index in [-0.39, 0.29) is 0 Å². The maximum absolute atomic E-state index is 9.07. The van der Waals surface area contributed by atoms with Crippen LogP contribution in [-0.4, -0.2) is 43.1 Å². The Morgan fingerprint density at radius 3 is 2.50 bits per heavy atom. The highest BCUT2D eigenvalue weighted by molar-refractivity contribution is 5.95. The maximum atomic E-state index is 9.07. The molecular weight excluding hydrogens is 418 g/mol. The van der Waals surface area contributed by atoms with Crippen LogP contribution in [-0.2, 0) is 0 Å². The molecule has 34 heavy (non-hydrogen) atoms. The number of nitrogens with zero attached hydrogens (tertiary/aromatic N) is 4. The summed E-state index contributed by atoms with van der Waals surface area (Å²) in [7, 11) is 4.30. The van der Waals surface area contributed by atoms with Gasteiger partial charge in [-0.1, -0.05) is 18.2 Å². The van der Waals surface area contributed by atoms with Crippen molar-refractivity contribution in [3.63, 3.8) is 0 Å². The van der Waals surface area contributed by atoms with Crippen LogP contribution in [0.3, 0.4) is 0 Å². The molecule has 1 saturated heterocycles. The van der Waals surface area contributed by atoms with E-state index in [0.717, 1.165) is 46.5 Å². The Morgan fingerprint density at radius 2 is 1.76 bits per heavy atom. The van der Waals surface area contributed by atoms with Gasteiger partial charge in [-0.05, 0) is 92.7 Å². The number of nitrogens with one attached hydrogen (secondary N) is 1. The topological polar surface area (TPSA) is 55.2 Å². The lowest BCUT2D eigenvalue weighted by Gasteiger charge is -2.29. The Labute approximate surface area is 201 Å². The predicted molar refractivity (Wildman–Crippen MR) is 141 cm³/mol. The first kappa shape index (κ1) is 21.9. The molecule has 0 spiro atoms. The Balaban J connectivity index is 1.39.